The van der Waals surface area contributed by atoms with Crippen molar-refractivity contribution in [3.63, 3.8) is 0 Å². The fraction of sp³-hybridized carbons (Fsp3) is 0.400. The van der Waals surface area contributed by atoms with E-state index in [1.807, 2.05) is 0 Å². The molecule has 0 bridgehead atoms. The molecule has 0 fully saturated rings. The van der Waals surface area contributed by atoms with Crippen molar-refractivity contribution < 1.29 is 23.0 Å². The normalized spacial score (nSPS) is 10.4. The lowest BCUT2D eigenvalue weighted by Crippen LogP contribution is -2.12. The Labute approximate surface area is 96.5 Å². The predicted octanol–water partition coefficient (Wildman–Crippen LogP) is 1.79. The minimum absolute atomic E-state index is 0.138. The van der Waals surface area contributed by atoms with Gasteiger partial charge in [-0.2, -0.15) is 0 Å². The summed E-state index contributed by atoms with van der Waals surface area (Å²) in [6.45, 7) is 1.75. The third kappa shape index (κ3) is 2.80. The van der Waals surface area contributed by atoms with E-state index in [2.05, 4.69) is 14.5 Å². The smallest absolute Gasteiger partial charge is 0.359 e. The van der Waals surface area contributed by atoms with Crippen LogP contribution in [0.2, 0.25) is 0 Å². The van der Waals surface area contributed by atoms with E-state index in [0.29, 0.717) is 0 Å². The van der Waals surface area contributed by atoms with Crippen LogP contribution in [0.15, 0.2) is 6.07 Å². The van der Waals surface area contributed by atoms with Gasteiger partial charge in [0.25, 0.3) is 6.43 Å². The van der Waals surface area contributed by atoms with E-state index >= 15 is 0 Å². The number of rotatable bonds is 4. The van der Waals surface area contributed by atoms with E-state index in [1.54, 1.807) is 6.92 Å². The molecule has 1 rings (SSSR count). The van der Waals surface area contributed by atoms with Crippen LogP contribution >= 0.6 is 0 Å². The highest BCUT2D eigenvalue weighted by Gasteiger charge is 2.21. The summed E-state index contributed by atoms with van der Waals surface area (Å²) >= 11 is 0. The topological polar surface area (TPSA) is 74.4 Å². The predicted molar refractivity (Wildman–Crippen MR) is 56.1 cm³/mol. The minimum Gasteiger partial charge on any atom is -0.481 e. The van der Waals surface area contributed by atoms with Gasteiger partial charge in [0.05, 0.1) is 25.0 Å². The third-order valence-electron chi connectivity index (χ3n) is 1.94. The number of aromatic nitrogens is 1. The number of methoxy groups -OCH3 is 1. The van der Waals surface area contributed by atoms with Gasteiger partial charge in [-0.05, 0) is 13.0 Å². The van der Waals surface area contributed by atoms with Crippen LogP contribution in [0.3, 0.4) is 0 Å². The van der Waals surface area contributed by atoms with Crippen LogP contribution in [0, 0.1) is 0 Å². The Balaban J connectivity index is 3.22. The zero-order valence-electron chi connectivity index (χ0n) is 9.37. The lowest BCUT2D eigenvalue weighted by atomic mass is 10.2. The molecule has 2 N–H and O–H groups in total. The van der Waals surface area contributed by atoms with Crippen LogP contribution in [-0.2, 0) is 4.74 Å². The molecule has 0 radical (unpaired) electrons. The minimum atomic E-state index is -2.78. The summed E-state index contributed by atoms with van der Waals surface area (Å²) < 4.78 is 34.5. The van der Waals surface area contributed by atoms with Gasteiger partial charge in [-0.1, -0.05) is 0 Å². The van der Waals surface area contributed by atoms with Gasteiger partial charge in [0, 0.05) is 0 Å². The Bertz CT molecular complexity index is 424. The summed E-state index contributed by atoms with van der Waals surface area (Å²) in [5.74, 6) is -1.11. The van der Waals surface area contributed by atoms with E-state index in [4.69, 9.17) is 5.73 Å². The van der Waals surface area contributed by atoms with Gasteiger partial charge < -0.3 is 15.2 Å². The molecule has 7 heteroatoms. The lowest BCUT2D eigenvalue weighted by molar-refractivity contribution is 0.0519. The Morgan fingerprint density at radius 3 is 2.71 bits per heavy atom. The molecule has 0 saturated carbocycles. The number of halogens is 2. The molecular formula is C10H12F2N2O3. The quantitative estimate of drug-likeness (QED) is 0.820. The highest BCUT2D eigenvalue weighted by Crippen LogP contribution is 2.30. The van der Waals surface area contributed by atoms with Crippen LogP contribution in [0.1, 0.15) is 29.4 Å². The maximum atomic E-state index is 12.6. The summed E-state index contributed by atoms with van der Waals surface area (Å²) in [5, 5.41) is 0. The lowest BCUT2D eigenvalue weighted by Gasteiger charge is -2.10. The van der Waals surface area contributed by atoms with Crippen molar-refractivity contribution in [3.8, 4) is 5.88 Å². The molecule has 0 spiro atoms. The van der Waals surface area contributed by atoms with Gasteiger partial charge in [0.2, 0.25) is 5.88 Å². The first-order chi connectivity index (χ1) is 8.01. The van der Waals surface area contributed by atoms with Gasteiger partial charge in [-0.25, -0.2) is 18.6 Å². The standard InChI is InChI=1S/C10H12F2N2O3/c1-3-17-10(15)7-6(13)4-5(8(11)12)9(14-7)16-2/h4,8H,3,13H2,1-2H3. The number of carbonyl (C=O) groups is 1. The summed E-state index contributed by atoms with van der Waals surface area (Å²) in [6.07, 6.45) is -2.78. The summed E-state index contributed by atoms with van der Waals surface area (Å²) in [5.41, 5.74) is 4.61. The first kappa shape index (κ1) is 13.1. The molecule has 1 aromatic rings. The highest BCUT2D eigenvalue weighted by atomic mass is 19.3. The number of anilines is 1. The van der Waals surface area contributed by atoms with Crippen molar-refractivity contribution in [2.75, 3.05) is 19.5 Å². The molecule has 5 nitrogen and oxygen atoms in total. The largest absolute Gasteiger partial charge is 0.481 e. The maximum Gasteiger partial charge on any atom is 0.359 e. The molecule has 17 heavy (non-hydrogen) atoms. The Morgan fingerprint density at radius 2 is 2.24 bits per heavy atom. The number of carbonyl (C=O) groups excluding carboxylic acids is 1. The van der Waals surface area contributed by atoms with E-state index < -0.39 is 18.0 Å². The average molecular weight is 246 g/mol. The summed E-state index contributed by atoms with van der Waals surface area (Å²) in [7, 11) is 1.18. The number of pyridine rings is 1. The Kier molecular flexibility index (Phi) is 4.19. The summed E-state index contributed by atoms with van der Waals surface area (Å²) in [4.78, 5) is 15.0. The van der Waals surface area contributed by atoms with Crippen molar-refractivity contribution in [2.45, 2.75) is 13.3 Å². The number of esters is 1. The SMILES string of the molecule is CCOC(=O)c1nc(OC)c(C(F)F)cc1N. The molecule has 0 aliphatic carbocycles. The molecule has 94 valence electrons. The van der Waals surface area contributed by atoms with E-state index in [1.165, 1.54) is 7.11 Å². The van der Waals surface area contributed by atoms with Crippen LogP contribution in [-0.4, -0.2) is 24.7 Å². The van der Waals surface area contributed by atoms with E-state index in [9.17, 15) is 13.6 Å². The fourth-order valence-electron chi connectivity index (χ4n) is 1.21. The number of nitrogen functional groups attached to an aromatic ring is 1. The maximum absolute atomic E-state index is 12.6. The molecule has 0 atom stereocenters. The molecule has 0 saturated heterocycles. The van der Waals surface area contributed by atoms with Crippen LogP contribution in [0.25, 0.3) is 0 Å². The second kappa shape index (κ2) is 5.42. The third-order valence-corrected chi connectivity index (χ3v) is 1.94. The van der Waals surface area contributed by atoms with Crippen LogP contribution in [0.4, 0.5) is 14.5 Å². The van der Waals surface area contributed by atoms with Crippen molar-refractivity contribution in [3.05, 3.63) is 17.3 Å². The second-order valence-electron chi connectivity index (χ2n) is 3.05. The number of hydrogen-bond donors (Lipinski definition) is 1. The van der Waals surface area contributed by atoms with E-state index in [0.717, 1.165) is 6.07 Å². The number of nitrogens with two attached hydrogens (primary N) is 1. The number of nitrogens with zero attached hydrogens (tertiary/aromatic N) is 1. The number of alkyl halides is 2. The molecule has 0 aliphatic heterocycles. The number of hydrogen-bond acceptors (Lipinski definition) is 5. The van der Waals surface area contributed by atoms with Crippen molar-refractivity contribution in [1.82, 2.24) is 4.98 Å². The molecule has 0 aliphatic rings. The molecule has 0 amide bonds. The van der Waals surface area contributed by atoms with E-state index in [-0.39, 0.29) is 23.9 Å². The molecule has 1 aromatic heterocycles. The van der Waals surface area contributed by atoms with Crippen LogP contribution < -0.4 is 10.5 Å². The molecule has 1 heterocycles. The van der Waals surface area contributed by atoms with Crippen molar-refractivity contribution >= 4 is 11.7 Å². The highest BCUT2D eigenvalue weighted by molar-refractivity contribution is 5.93. The monoisotopic (exact) mass is 246 g/mol. The molecule has 0 unspecified atom stereocenters. The van der Waals surface area contributed by atoms with Crippen molar-refractivity contribution in [2.24, 2.45) is 0 Å². The Morgan fingerprint density at radius 1 is 1.59 bits per heavy atom. The first-order valence-electron chi connectivity index (χ1n) is 4.80. The van der Waals surface area contributed by atoms with Crippen LogP contribution in [0.5, 0.6) is 5.88 Å². The second-order valence-corrected chi connectivity index (χ2v) is 3.05. The summed E-state index contributed by atoms with van der Waals surface area (Å²) in [6, 6.07) is 0.961. The van der Waals surface area contributed by atoms with Crippen molar-refractivity contribution in [1.29, 1.82) is 0 Å². The number of ether oxygens (including phenoxy) is 2. The van der Waals surface area contributed by atoms with Gasteiger partial charge in [-0.15, -0.1) is 0 Å². The average Bonchev–Trinajstić information content (AvgIpc) is 2.28. The zero-order valence-corrected chi connectivity index (χ0v) is 9.37. The van der Waals surface area contributed by atoms with Gasteiger partial charge >= 0.3 is 5.97 Å². The molecule has 0 aromatic carbocycles. The van der Waals surface area contributed by atoms with Gasteiger partial charge in [-0.3, -0.25) is 0 Å². The van der Waals surface area contributed by atoms with Gasteiger partial charge in [0.15, 0.2) is 5.69 Å². The zero-order chi connectivity index (χ0) is 13.0. The Hall–Kier alpha value is -1.92. The molecular weight excluding hydrogens is 234 g/mol. The fourth-order valence-corrected chi connectivity index (χ4v) is 1.21. The first-order valence-corrected chi connectivity index (χ1v) is 4.80. The van der Waals surface area contributed by atoms with Gasteiger partial charge in [0.1, 0.15) is 0 Å².